The molecule has 1 heteroatoms. The van der Waals surface area contributed by atoms with E-state index in [1.807, 2.05) is 12.1 Å². The van der Waals surface area contributed by atoms with E-state index in [1.165, 1.54) is 66.8 Å². The summed E-state index contributed by atoms with van der Waals surface area (Å²) in [6.07, 6.45) is 7.24. The van der Waals surface area contributed by atoms with Crippen molar-refractivity contribution >= 4 is 33.1 Å². The van der Waals surface area contributed by atoms with Crippen molar-refractivity contribution in [2.24, 2.45) is 5.92 Å². The molecule has 0 saturated carbocycles. The molecule has 2 aliphatic rings. The smallest absolute Gasteiger partial charge is 0.135 e. The third-order valence-corrected chi connectivity index (χ3v) is 10.1. The Morgan fingerprint density at radius 1 is 0.511 bits per heavy atom. The molecule has 0 aliphatic heterocycles. The Labute approximate surface area is 275 Å². The molecular weight excluding hydrogens is 569 g/mol. The summed E-state index contributed by atoms with van der Waals surface area (Å²) in [6, 6.07) is 51.1. The minimum Gasteiger partial charge on any atom is -0.456 e. The lowest BCUT2D eigenvalue weighted by Gasteiger charge is -2.37. The van der Waals surface area contributed by atoms with Gasteiger partial charge in [-0.25, -0.2) is 0 Å². The molecule has 0 bridgehead atoms. The predicted molar refractivity (Wildman–Crippen MR) is 196 cm³/mol. The van der Waals surface area contributed by atoms with Crippen LogP contribution in [0.4, 0.5) is 0 Å². The minimum atomic E-state index is 0.196. The van der Waals surface area contributed by atoms with Crippen molar-refractivity contribution in [3.63, 3.8) is 0 Å². The maximum absolute atomic E-state index is 6.11. The van der Waals surface area contributed by atoms with E-state index in [1.54, 1.807) is 0 Å². The van der Waals surface area contributed by atoms with Crippen molar-refractivity contribution < 1.29 is 4.42 Å². The predicted octanol–water partition coefficient (Wildman–Crippen LogP) is 12.1. The van der Waals surface area contributed by atoms with Crippen LogP contribution in [0.5, 0.6) is 0 Å². The van der Waals surface area contributed by atoms with Gasteiger partial charge in [0, 0.05) is 22.6 Å². The Balaban J connectivity index is 1.19. The summed E-state index contributed by atoms with van der Waals surface area (Å²) < 4.78 is 6.11. The summed E-state index contributed by atoms with van der Waals surface area (Å²) in [4.78, 5) is 0. The monoisotopic (exact) mass is 602 g/mol. The molecule has 47 heavy (non-hydrogen) atoms. The van der Waals surface area contributed by atoms with Crippen LogP contribution in [-0.4, -0.2) is 0 Å². The van der Waals surface area contributed by atoms with E-state index in [2.05, 4.69) is 159 Å². The normalized spacial score (nSPS) is 17.1. The molecule has 1 heterocycles. The van der Waals surface area contributed by atoms with Crippen LogP contribution >= 0.6 is 0 Å². The zero-order valence-electron chi connectivity index (χ0n) is 26.6. The van der Waals surface area contributed by atoms with Gasteiger partial charge in [-0.15, -0.1) is 0 Å². The standard InChI is InChI=1S/C46H34O/c1-29-14-18-31(19-15-29)45-38-11-3-4-12-39(38)46(32-20-16-30(2)17-21-32)42-28-35(22-24-40(42)45)33-8-7-9-34(26-33)36-23-25-44-41(27-36)37-10-5-6-13-43(37)47-44/h3-28,42,46H,1-2H3. The van der Waals surface area contributed by atoms with E-state index in [0.717, 1.165) is 21.9 Å². The van der Waals surface area contributed by atoms with Gasteiger partial charge in [-0.2, -0.15) is 0 Å². The van der Waals surface area contributed by atoms with E-state index >= 15 is 0 Å². The summed E-state index contributed by atoms with van der Waals surface area (Å²) >= 11 is 0. The van der Waals surface area contributed by atoms with Crippen LogP contribution in [0.2, 0.25) is 0 Å². The van der Waals surface area contributed by atoms with Gasteiger partial charge in [-0.3, -0.25) is 0 Å². The first-order valence-corrected chi connectivity index (χ1v) is 16.5. The lowest BCUT2D eigenvalue weighted by atomic mass is 9.65. The van der Waals surface area contributed by atoms with E-state index in [9.17, 15) is 0 Å². The van der Waals surface area contributed by atoms with Gasteiger partial charge in [0.25, 0.3) is 0 Å². The topological polar surface area (TPSA) is 13.1 Å². The summed E-state index contributed by atoms with van der Waals surface area (Å²) in [5.41, 5.74) is 17.4. The number of fused-ring (bicyclic) bond motifs is 5. The molecule has 2 atom stereocenters. The Hall–Kier alpha value is -5.66. The van der Waals surface area contributed by atoms with Crippen molar-refractivity contribution in [2.75, 3.05) is 0 Å². The Kier molecular flexibility index (Phi) is 6.47. The van der Waals surface area contributed by atoms with Crippen molar-refractivity contribution in [3.8, 4) is 11.1 Å². The number of allylic oxidation sites excluding steroid dienone is 5. The highest BCUT2D eigenvalue weighted by molar-refractivity contribution is 6.06. The van der Waals surface area contributed by atoms with Crippen LogP contribution in [-0.2, 0) is 0 Å². The lowest BCUT2D eigenvalue weighted by molar-refractivity contribution is 0.650. The molecule has 0 fully saturated rings. The highest BCUT2D eigenvalue weighted by Gasteiger charge is 2.36. The van der Waals surface area contributed by atoms with Gasteiger partial charge in [0.1, 0.15) is 11.2 Å². The zero-order chi connectivity index (χ0) is 31.5. The van der Waals surface area contributed by atoms with E-state index < -0.39 is 0 Å². The molecule has 1 nitrogen and oxygen atoms in total. The van der Waals surface area contributed by atoms with Crippen LogP contribution in [0.1, 0.15) is 44.9 Å². The molecule has 0 saturated heterocycles. The van der Waals surface area contributed by atoms with Crippen LogP contribution in [0, 0.1) is 19.8 Å². The van der Waals surface area contributed by atoms with E-state index in [-0.39, 0.29) is 11.8 Å². The number of aryl methyl sites for hydroxylation is 2. The average molecular weight is 603 g/mol. The first-order chi connectivity index (χ1) is 23.1. The molecule has 0 spiro atoms. The van der Waals surface area contributed by atoms with E-state index in [0.29, 0.717) is 0 Å². The molecular formula is C46H34O. The number of benzene rings is 6. The fourth-order valence-corrected chi connectivity index (χ4v) is 7.68. The first-order valence-electron chi connectivity index (χ1n) is 16.5. The Morgan fingerprint density at radius 3 is 2.04 bits per heavy atom. The molecule has 224 valence electrons. The maximum atomic E-state index is 6.11. The third kappa shape index (κ3) is 4.70. The number of furan rings is 1. The first kappa shape index (κ1) is 27.6. The summed E-state index contributed by atoms with van der Waals surface area (Å²) in [5, 5.41) is 2.31. The van der Waals surface area contributed by atoms with Crippen molar-refractivity contribution in [3.05, 3.63) is 202 Å². The Bertz CT molecular complexity index is 2410. The van der Waals surface area contributed by atoms with Crippen LogP contribution < -0.4 is 0 Å². The van der Waals surface area contributed by atoms with Crippen LogP contribution in [0.25, 0.3) is 44.2 Å². The fraction of sp³-hybridized carbons (Fsp3) is 0.0870. The SMILES string of the molecule is Cc1ccc(C2=C3C=CC(c4cccc(-c5ccc6oc7ccccc7c6c5)c4)=CC3C(c3ccc(C)cc3)c3ccccc32)cc1. The number of para-hydroxylation sites is 1. The van der Waals surface area contributed by atoms with Gasteiger partial charge >= 0.3 is 0 Å². The molecule has 2 unspecified atom stereocenters. The van der Waals surface area contributed by atoms with Gasteiger partial charge in [-0.1, -0.05) is 145 Å². The molecule has 9 rings (SSSR count). The molecule has 1 aromatic heterocycles. The summed E-state index contributed by atoms with van der Waals surface area (Å²) in [7, 11) is 0. The van der Waals surface area contributed by atoms with Gasteiger partial charge < -0.3 is 4.42 Å². The van der Waals surface area contributed by atoms with Crippen molar-refractivity contribution in [2.45, 2.75) is 19.8 Å². The second-order valence-electron chi connectivity index (χ2n) is 13.0. The molecule has 6 aromatic carbocycles. The van der Waals surface area contributed by atoms with E-state index in [4.69, 9.17) is 4.42 Å². The maximum Gasteiger partial charge on any atom is 0.135 e. The molecule has 0 amide bonds. The van der Waals surface area contributed by atoms with Gasteiger partial charge in [-0.05, 0) is 93.8 Å². The molecule has 0 N–H and O–H groups in total. The van der Waals surface area contributed by atoms with Crippen LogP contribution in [0.3, 0.4) is 0 Å². The highest BCUT2D eigenvalue weighted by atomic mass is 16.3. The third-order valence-electron chi connectivity index (χ3n) is 10.1. The Morgan fingerprint density at radius 2 is 1.19 bits per heavy atom. The molecule has 2 aliphatic carbocycles. The second kappa shape index (κ2) is 11.0. The molecule has 7 aromatic rings. The zero-order valence-corrected chi connectivity index (χ0v) is 26.6. The quantitative estimate of drug-likeness (QED) is 0.195. The van der Waals surface area contributed by atoms with Gasteiger partial charge in [0.2, 0.25) is 0 Å². The van der Waals surface area contributed by atoms with Crippen molar-refractivity contribution in [1.29, 1.82) is 0 Å². The number of hydrogen-bond acceptors (Lipinski definition) is 1. The minimum absolute atomic E-state index is 0.196. The van der Waals surface area contributed by atoms with Gasteiger partial charge in [0.15, 0.2) is 0 Å². The number of rotatable bonds is 4. The van der Waals surface area contributed by atoms with Crippen LogP contribution in [0.15, 0.2) is 168 Å². The second-order valence-corrected chi connectivity index (χ2v) is 13.0. The highest BCUT2D eigenvalue weighted by Crippen LogP contribution is 2.51. The lowest BCUT2D eigenvalue weighted by Crippen LogP contribution is -2.23. The summed E-state index contributed by atoms with van der Waals surface area (Å²) in [6.45, 7) is 4.33. The van der Waals surface area contributed by atoms with Crippen molar-refractivity contribution in [1.82, 2.24) is 0 Å². The van der Waals surface area contributed by atoms with Gasteiger partial charge in [0.05, 0.1) is 0 Å². The number of hydrogen-bond donors (Lipinski definition) is 0. The fourth-order valence-electron chi connectivity index (χ4n) is 7.68. The molecule has 0 radical (unpaired) electrons. The largest absolute Gasteiger partial charge is 0.456 e. The summed E-state index contributed by atoms with van der Waals surface area (Å²) in [5.74, 6) is 0.414. The average Bonchev–Trinajstić information content (AvgIpc) is 3.49.